The molecular formula is C12H16BrNO. The van der Waals surface area contributed by atoms with Crippen molar-refractivity contribution in [3.63, 3.8) is 0 Å². The highest BCUT2D eigenvalue weighted by atomic mass is 79.9. The molecule has 0 radical (unpaired) electrons. The highest BCUT2D eigenvalue weighted by Crippen LogP contribution is 2.32. The molecule has 82 valence electrons. The molecule has 0 atom stereocenters. The maximum absolute atomic E-state index is 5.81. The second-order valence-electron chi connectivity index (χ2n) is 3.90. The van der Waals surface area contributed by atoms with Crippen LogP contribution < -0.4 is 10.5 Å². The number of aryl methyl sites for hydroxylation is 1. The summed E-state index contributed by atoms with van der Waals surface area (Å²) in [6.07, 6.45) is 4.37. The molecule has 15 heavy (non-hydrogen) atoms. The van der Waals surface area contributed by atoms with Crippen molar-refractivity contribution in [3.05, 3.63) is 27.7 Å². The maximum Gasteiger partial charge on any atom is 0.125 e. The minimum atomic E-state index is 0.673. The Morgan fingerprint density at radius 3 is 3.00 bits per heavy atom. The van der Waals surface area contributed by atoms with Crippen molar-refractivity contribution < 1.29 is 4.74 Å². The number of hydrogen-bond donors (Lipinski definition) is 1. The van der Waals surface area contributed by atoms with E-state index >= 15 is 0 Å². The summed E-state index contributed by atoms with van der Waals surface area (Å²) in [5.74, 6) is 1.08. The highest BCUT2D eigenvalue weighted by molar-refractivity contribution is 9.10. The summed E-state index contributed by atoms with van der Waals surface area (Å²) in [5.41, 5.74) is 8.18. The molecule has 1 aromatic rings. The smallest absolute Gasteiger partial charge is 0.125 e. The fraction of sp³-hybridized carbons (Fsp3) is 0.500. The number of halogens is 1. The molecule has 0 unspecified atom stereocenters. The van der Waals surface area contributed by atoms with Crippen LogP contribution in [0.5, 0.6) is 5.75 Å². The van der Waals surface area contributed by atoms with Crippen molar-refractivity contribution in [2.45, 2.75) is 25.7 Å². The van der Waals surface area contributed by atoms with Gasteiger partial charge in [-0.2, -0.15) is 0 Å². The average molecular weight is 270 g/mol. The summed E-state index contributed by atoms with van der Waals surface area (Å²) in [5, 5.41) is 0. The Labute approximate surface area is 98.9 Å². The van der Waals surface area contributed by atoms with Crippen LogP contribution in [0.1, 0.15) is 24.0 Å². The lowest BCUT2D eigenvalue weighted by atomic mass is 10.0. The first-order chi connectivity index (χ1) is 7.31. The molecule has 0 amide bonds. The molecule has 0 saturated heterocycles. The maximum atomic E-state index is 5.81. The van der Waals surface area contributed by atoms with Gasteiger partial charge in [0.15, 0.2) is 0 Å². The van der Waals surface area contributed by atoms with Crippen molar-refractivity contribution in [2.75, 3.05) is 13.2 Å². The minimum absolute atomic E-state index is 0.673. The molecule has 0 aliphatic carbocycles. The van der Waals surface area contributed by atoms with Gasteiger partial charge in [-0.25, -0.2) is 0 Å². The van der Waals surface area contributed by atoms with Gasteiger partial charge in [0.25, 0.3) is 0 Å². The van der Waals surface area contributed by atoms with Crippen LogP contribution in [-0.4, -0.2) is 13.2 Å². The third kappa shape index (κ3) is 2.52. The van der Waals surface area contributed by atoms with Crippen LogP contribution in [0.4, 0.5) is 0 Å². The van der Waals surface area contributed by atoms with Crippen molar-refractivity contribution >= 4 is 15.9 Å². The summed E-state index contributed by atoms with van der Waals surface area (Å²) in [6, 6.07) is 4.29. The van der Waals surface area contributed by atoms with Crippen molar-refractivity contribution in [3.8, 4) is 5.75 Å². The normalized spacial score (nSPS) is 15.3. The molecule has 1 aliphatic heterocycles. The largest absolute Gasteiger partial charge is 0.493 e. The Balaban J connectivity index is 2.40. The van der Waals surface area contributed by atoms with Gasteiger partial charge in [0.1, 0.15) is 5.75 Å². The predicted molar refractivity (Wildman–Crippen MR) is 65.3 cm³/mol. The molecule has 2 rings (SSSR count). The van der Waals surface area contributed by atoms with E-state index in [1.165, 1.54) is 17.5 Å². The monoisotopic (exact) mass is 269 g/mol. The molecular weight excluding hydrogens is 254 g/mol. The molecule has 2 nitrogen and oxygen atoms in total. The van der Waals surface area contributed by atoms with Gasteiger partial charge in [-0.05, 0) is 55.5 Å². The van der Waals surface area contributed by atoms with E-state index in [4.69, 9.17) is 10.5 Å². The van der Waals surface area contributed by atoms with Gasteiger partial charge in [-0.3, -0.25) is 0 Å². The van der Waals surface area contributed by atoms with E-state index in [1.807, 2.05) is 0 Å². The highest BCUT2D eigenvalue weighted by Gasteiger charge is 2.13. The summed E-state index contributed by atoms with van der Waals surface area (Å²) in [6.45, 7) is 1.51. The number of benzene rings is 1. The lowest BCUT2D eigenvalue weighted by Crippen LogP contribution is -2.06. The number of fused-ring (bicyclic) bond motifs is 1. The van der Waals surface area contributed by atoms with Crippen LogP contribution in [0.2, 0.25) is 0 Å². The van der Waals surface area contributed by atoms with Crippen LogP contribution in [0.3, 0.4) is 0 Å². The first-order valence-electron chi connectivity index (χ1n) is 5.45. The topological polar surface area (TPSA) is 35.2 Å². The molecule has 0 bridgehead atoms. The van der Waals surface area contributed by atoms with Crippen LogP contribution in [-0.2, 0) is 12.8 Å². The van der Waals surface area contributed by atoms with Gasteiger partial charge in [0.2, 0.25) is 0 Å². The zero-order chi connectivity index (χ0) is 10.7. The van der Waals surface area contributed by atoms with Crippen LogP contribution >= 0.6 is 15.9 Å². The van der Waals surface area contributed by atoms with Crippen LogP contribution in [0, 0.1) is 0 Å². The molecule has 1 aromatic carbocycles. The third-order valence-corrected chi connectivity index (χ3v) is 3.17. The van der Waals surface area contributed by atoms with Gasteiger partial charge in [-0.15, -0.1) is 0 Å². The Hall–Kier alpha value is -0.540. The second-order valence-corrected chi connectivity index (χ2v) is 4.81. The minimum Gasteiger partial charge on any atom is -0.493 e. The Morgan fingerprint density at radius 2 is 2.20 bits per heavy atom. The van der Waals surface area contributed by atoms with Gasteiger partial charge in [0, 0.05) is 4.47 Å². The quantitative estimate of drug-likeness (QED) is 0.896. The SMILES string of the molecule is NCCc1cc(Br)cc2c1OCCCC2. The third-order valence-electron chi connectivity index (χ3n) is 2.71. The lowest BCUT2D eigenvalue weighted by molar-refractivity contribution is 0.314. The van der Waals surface area contributed by atoms with Crippen molar-refractivity contribution in [2.24, 2.45) is 5.73 Å². The summed E-state index contributed by atoms with van der Waals surface area (Å²) >= 11 is 3.54. The predicted octanol–water partition coefficient (Wildman–Crippen LogP) is 2.67. The fourth-order valence-corrected chi connectivity index (χ4v) is 2.57. The van der Waals surface area contributed by atoms with Crippen molar-refractivity contribution in [1.82, 2.24) is 0 Å². The van der Waals surface area contributed by atoms with E-state index < -0.39 is 0 Å². The van der Waals surface area contributed by atoms with E-state index in [-0.39, 0.29) is 0 Å². The fourth-order valence-electron chi connectivity index (χ4n) is 2.02. The molecule has 0 fully saturated rings. The molecule has 0 spiro atoms. The molecule has 1 heterocycles. The van der Waals surface area contributed by atoms with E-state index in [1.54, 1.807) is 0 Å². The van der Waals surface area contributed by atoms with E-state index in [9.17, 15) is 0 Å². The summed E-state index contributed by atoms with van der Waals surface area (Å²) < 4.78 is 6.95. The van der Waals surface area contributed by atoms with Gasteiger partial charge >= 0.3 is 0 Å². The van der Waals surface area contributed by atoms with Gasteiger partial charge < -0.3 is 10.5 Å². The first-order valence-corrected chi connectivity index (χ1v) is 6.24. The van der Waals surface area contributed by atoms with Crippen LogP contribution in [0.25, 0.3) is 0 Å². The lowest BCUT2D eigenvalue weighted by Gasteiger charge is -2.13. The number of hydrogen-bond acceptors (Lipinski definition) is 2. The second kappa shape index (κ2) is 4.99. The Kier molecular flexibility index (Phi) is 3.65. The zero-order valence-electron chi connectivity index (χ0n) is 8.76. The average Bonchev–Trinajstić information content (AvgIpc) is 2.43. The number of nitrogens with two attached hydrogens (primary N) is 1. The molecule has 0 saturated carbocycles. The number of rotatable bonds is 2. The number of ether oxygens (including phenoxy) is 1. The Morgan fingerprint density at radius 1 is 1.33 bits per heavy atom. The molecule has 0 aromatic heterocycles. The standard InChI is InChI=1S/C12H16BrNO/c13-11-7-9-3-1-2-6-15-12(9)10(8-11)4-5-14/h7-8H,1-6,14H2. The van der Waals surface area contributed by atoms with Gasteiger partial charge in [-0.1, -0.05) is 15.9 Å². The van der Waals surface area contributed by atoms with E-state index in [0.717, 1.165) is 36.1 Å². The zero-order valence-corrected chi connectivity index (χ0v) is 10.3. The first kappa shape index (κ1) is 11.0. The van der Waals surface area contributed by atoms with E-state index in [0.29, 0.717) is 6.54 Å². The van der Waals surface area contributed by atoms with Crippen molar-refractivity contribution in [1.29, 1.82) is 0 Å². The molecule has 2 N–H and O–H groups in total. The molecule has 1 aliphatic rings. The summed E-state index contributed by atoms with van der Waals surface area (Å²) in [4.78, 5) is 0. The van der Waals surface area contributed by atoms with Gasteiger partial charge in [0.05, 0.1) is 6.61 Å². The van der Waals surface area contributed by atoms with E-state index in [2.05, 4.69) is 28.1 Å². The summed E-state index contributed by atoms with van der Waals surface area (Å²) in [7, 11) is 0. The Bertz CT molecular complexity index is 352. The molecule has 3 heteroatoms. The van der Waals surface area contributed by atoms with Crippen LogP contribution in [0.15, 0.2) is 16.6 Å².